The molecule has 0 bridgehead atoms. The molecule has 3 heteroatoms. The van der Waals surface area contributed by atoms with Crippen LogP contribution in [-0.4, -0.2) is 23.8 Å². The summed E-state index contributed by atoms with van der Waals surface area (Å²) in [5.74, 6) is -0.525. The molecule has 0 amide bonds. The molecule has 1 N–H and O–H groups in total. The molecular weight excluding hydrogens is 240 g/mol. The first-order chi connectivity index (χ1) is 9.04. The zero-order valence-electron chi connectivity index (χ0n) is 13.0. The lowest BCUT2D eigenvalue weighted by Crippen LogP contribution is -2.35. The molecule has 0 aromatic heterocycles. The van der Waals surface area contributed by atoms with E-state index in [4.69, 9.17) is 0 Å². The lowest BCUT2D eigenvalue weighted by Gasteiger charge is -2.19. The van der Waals surface area contributed by atoms with E-state index < -0.39 is 11.6 Å². The van der Waals surface area contributed by atoms with Gasteiger partial charge in [0.15, 0.2) is 5.60 Å². The highest BCUT2D eigenvalue weighted by Crippen LogP contribution is 2.17. The minimum atomic E-state index is -1.31. The van der Waals surface area contributed by atoms with Gasteiger partial charge in [0.05, 0.1) is 7.11 Å². The highest BCUT2D eigenvalue weighted by molar-refractivity contribution is 5.78. The SMILES string of the molecule is CCCCCCCCCCCCC(C)(O)C(=O)OC. The van der Waals surface area contributed by atoms with E-state index in [1.165, 1.54) is 65.4 Å². The number of unbranched alkanes of at least 4 members (excludes halogenated alkanes) is 9. The Morgan fingerprint density at radius 3 is 1.79 bits per heavy atom. The molecule has 1 unspecified atom stereocenters. The van der Waals surface area contributed by atoms with E-state index in [-0.39, 0.29) is 0 Å². The predicted octanol–water partition coefficient (Wildman–Crippen LogP) is 4.22. The molecule has 0 aliphatic rings. The van der Waals surface area contributed by atoms with Crippen LogP contribution in [0.1, 0.15) is 84.5 Å². The van der Waals surface area contributed by atoms with Crippen LogP contribution >= 0.6 is 0 Å². The number of esters is 1. The third kappa shape index (κ3) is 9.94. The van der Waals surface area contributed by atoms with Crippen molar-refractivity contribution in [1.29, 1.82) is 0 Å². The second kappa shape index (κ2) is 11.3. The van der Waals surface area contributed by atoms with Gasteiger partial charge in [-0.2, -0.15) is 0 Å². The summed E-state index contributed by atoms with van der Waals surface area (Å²) >= 11 is 0. The van der Waals surface area contributed by atoms with Crippen LogP contribution in [0.2, 0.25) is 0 Å². The van der Waals surface area contributed by atoms with Gasteiger partial charge in [-0.15, -0.1) is 0 Å². The van der Waals surface area contributed by atoms with Crippen molar-refractivity contribution >= 4 is 5.97 Å². The Balaban J connectivity index is 3.33. The van der Waals surface area contributed by atoms with Crippen LogP contribution in [0.4, 0.5) is 0 Å². The van der Waals surface area contributed by atoms with Gasteiger partial charge in [-0.05, 0) is 19.8 Å². The number of ether oxygens (including phenoxy) is 1. The van der Waals surface area contributed by atoms with Crippen molar-refractivity contribution in [2.24, 2.45) is 0 Å². The minimum Gasteiger partial charge on any atom is -0.467 e. The van der Waals surface area contributed by atoms with Crippen molar-refractivity contribution in [1.82, 2.24) is 0 Å². The number of methoxy groups -OCH3 is 1. The lowest BCUT2D eigenvalue weighted by atomic mass is 9.97. The lowest BCUT2D eigenvalue weighted by molar-refractivity contribution is -0.161. The normalized spacial score (nSPS) is 14.1. The van der Waals surface area contributed by atoms with E-state index in [9.17, 15) is 9.90 Å². The first-order valence-electron chi connectivity index (χ1n) is 7.85. The number of aliphatic hydroxyl groups is 1. The molecule has 0 fully saturated rings. The smallest absolute Gasteiger partial charge is 0.337 e. The van der Waals surface area contributed by atoms with Gasteiger partial charge in [0.2, 0.25) is 0 Å². The van der Waals surface area contributed by atoms with Gasteiger partial charge in [0.1, 0.15) is 0 Å². The molecule has 1 atom stereocenters. The molecule has 0 aliphatic heterocycles. The first-order valence-corrected chi connectivity index (χ1v) is 7.85. The maximum absolute atomic E-state index is 11.3. The monoisotopic (exact) mass is 272 g/mol. The van der Waals surface area contributed by atoms with Crippen molar-refractivity contribution < 1.29 is 14.6 Å². The summed E-state index contributed by atoms with van der Waals surface area (Å²) in [6.07, 6.45) is 13.0. The molecule has 0 rings (SSSR count). The molecular formula is C16H32O3. The van der Waals surface area contributed by atoms with Gasteiger partial charge >= 0.3 is 5.97 Å². The van der Waals surface area contributed by atoms with E-state index in [1.807, 2.05) is 0 Å². The van der Waals surface area contributed by atoms with E-state index >= 15 is 0 Å². The third-order valence-electron chi connectivity index (χ3n) is 3.64. The highest BCUT2D eigenvalue weighted by Gasteiger charge is 2.30. The summed E-state index contributed by atoms with van der Waals surface area (Å²) in [5.41, 5.74) is -1.31. The average Bonchev–Trinajstić information content (AvgIpc) is 2.39. The van der Waals surface area contributed by atoms with Gasteiger partial charge in [0, 0.05) is 0 Å². The molecule has 0 aromatic rings. The van der Waals surface area contributed by atoms with Crippen molar-refractivity contribution in [3.63, 3.8) is 0 Å². The average molecular weight is 272 g/mol. The summed E-state index contributed by atoms with van der Waals surface area (Å²) in [4.78, 5) is 11.3. The van der Waals surface area contributed by atoms with Gasteiger partial charge < -0.3 is 9.84 Å². The summed E-state index contributed by atoms with van der Waals surface area (Å²) < 4.78 is 4.57. The van der Waals surface area contributed by atoms with Gasteiger partial charge in [0.25, 0.3) is 0 Å². The molecule has 0 radical (unpaired) electrons. The number of rotatable bonds is 12. The fourth-order valence-electron chi connectivity index (χ4n) is 2.28. The number of carbonyl (C=O) groups is 1. The Kier molecular flexibility index (Phi) is 10.9. The van der Waals surface area contributed by atoms with Crippen LogP contribution in [0.5, 0.6) is 0 Å². The second-order valence-corrected chi connectivity index (χ2v) is 5.70. The van der Waals surface area contributed by atoms with Crippen molar-refractivity contribution in [3.05, 3.63) is 0 Å². The molecule has 0 saturated heterocycles. The maximum Gasteiger partial charge on any atom is 0.337 e. The van der Waals surface area contributed by atoms with Crippen LogP contribution in [0, 0.1) is 0 Å². The Bertz CT molecular complexity index is 224. The fourth-order valence-corrected chi connectivity index (χ4v) is 2.28. The number of hydrogen-bond donors (Lipinski definition) is 1. The topological polar surface area (TPSA) is 46.5 Å². The molecule has 0 saturated carbocycles. The molecule has 0 spiro atoms. The molecule has 19 heavy (non-hydrogen) atoms. The van der Waals surface area contributed by atoms with Crippen molar-refractivity contribution in [2.45, 2.75) is 90.1 Å². The van der Waals surface area contributed by atoms with Crippen LogP contribution in [-0.2, 0) is 9.53 Å². The fraction of sp³-hybridized carbons (Fsp3) is 0.938. The predicted molar refractivity (Wildman–Crippen MR) is 79.1 cm³/mol. The molecule has 0 aliphatic carbocycles. The first kappa shape index (κ1) is 18.4. The molecule has 0 aromatic carbocycles. The van der Waals surface area contributed by atoms with Crippen LogP contribution in [0.15, 0.2) is 0 Å². The highest BCUT2D eigenvalue weighted by atomic mass is 16.5. The zero-order valence-corrected chi connectivity index (χ0v) is 13.0. The van der Waals surface area contributed by atoms with Crippen LogP contribution in [0.25, 0.3) is 0 Å². The largest absolute Gasteiger partial charge is 0.467 e. The van der Waals surface area contributed by atoms with Crippen molar-refractivity contribution in [3.8, 4) is 0 Å². The molecule has 114 valence electrons. The number of carbonyl (C=O) groups excluding carboxylic acids is 1. The quantitative estimate of drug-likeness (QED) is 0.427. The summed E-state index contributed by atoms with van der Waals surface area (Å²) in [6, 6.07) is 0. The van der Waals surface area contributed by atoms with E-state index in [1.54, 1.807) is 0 Å². The summed E-state index contributed by atoms with van der Waals surface area (Å²) in [6.45, 7) is 3.77. The summed E-state index contributed by atoms with van der Waals surface area (Å²) in [7, 11) is 1.31. The Labute approximate surface area is 118 Å². The Morgan fingerprint density at radius 1 is 0.947 bits per heavy atom. The standard InChI is InChI=1S/C16H32O3/c1-4-5-6-7-8-9-10-11-12-13-14-16(2,18)15(17)19-3/h18H,4-14H2,1-3H3. The zero-order chi connectivity index (χ0) is 14.6. The third-order valence-corrected chi connectivity index (χ3v) is 3.64. The number of hydrogen-bond acceptors (Lipinski definition) is 3. The van der Waals surface area contributed by atoms with Gasteiger partial charge in [-0.1, -0.05) is 64.7 Å². The van der Waals surface area contributed by atoms with E-state index in [0.29, 0.717) is 6.42 Å². The minimum absolute atomic E-state index is 0.496. The van der Waals surface area contributed by atoms with E-state index in [0.717, 1.165) is 12.8 Å². The van der Waals surface area contributed by atoms with E-state index in [2.05, 4.69) is 11.7 Å². The Morgan fingerprint density at radius 2 is 1.37 bits per heavy atom. The Hall–Kier alpha value is -0.570. The second-order valence-electron chi connectivity index (χ2n) is 5.70. The van der Waals surface area contributed by atoms with Crippen LogP contribution in [0.3, 0.4) is 0 Å². The molecule has 3 nitrogen and oxygen atoms in total. The van der Waals surface area contributed by atoms with Crippen LogP contribution < -0.4 is 0 Å². The summed E-state index contributed by atoms with van der Waals surface area (Å²) in [5, 5.41) is 9.83. The maximum atomic E-state index is 11.3. The van der Waals surface area contributed by atoms with Gasteiger partial charge in [-0.25, -0.2) is 4.79 Å². The molecule has 0 heterocycles. The van der Waals surface area contributed by atoms with Crippen molar-refractivity contribution in [2.75, 3.05) is 7.11 Å². The van der Waals surface area contributed by atoms with Gasteiger partial charge in [-0.3, -0.25) is 0 Å².